The highest BCUT2D eigenvalue weighted by Crippen LogP contribution is 2.21. The van der Waals surface area contributed by atoms with Crippen LogP contribution in [0.5, 0.6) is 0 Å². The Morgan fingerprint density at radius 1 is 1.05 bits per heavy atom. The maximum absolute atomic E-state index is 11.9. The summed E-state index contributed by atoms with van der Waals surface area (Å²) in [5.41, 5.74) is 1.40. The average Bonchev–Trinajstić information content (AvgIpc) is 2.37. The molecular formula is C14H10Br2O2S. The van der Waals surface area contributed by atoms with Crippen LogP contribution in [-0.2, 0) is 11.3 Å². The van der Waals surface area contributed by atoms with Gasteiger partial charge >= 0.3 is 5.97 Å². The van der Waals surface area contributed by atoms with Crippen LogP contribution >= 0.6 is 44.5 Å². The molecule has 2 nitrogen and oxygen atoms in total. The van der Waals surface area contributed by atoms with Crippen molar-refractivity contribution in [1.29, 1.82) is 0 Å². The number of halogens is 2. The lowest BCUT2D eigenvalue weighted by atomic mass is 10.2. The van der Waals surface area contributed by atoms with Crippen LogP contribution in [0.25, 0.3) is 0 Å². The van der Waals surface area contributed by atoms with Crippen LogP contribution in [0, 0.1) is 0 Å². The van der Waals surface area contributed by atoms with Crippen LogP contribution in [0.15, 0.2) is 56.3 Å². The largest absolute Gasteiger partial charge is 0.457 e. The van der Waals surface area contributed by atoms with Crippen LogP contribution in [-0.4, -0.2) is 5.97 Å². The topological polar surface area (TPSA) is 26.3 Å². The van der Waals surface area contributed by atoms with Gasteiger partial charge in [-0.3, -0.25) is 0 Å². The number of hydrogen-bond donors (Lipinski definition) is 1. The van der Waals surface area contributed by atoms with Crippen LogP contribution in [0.4, 0.5) is 0 Å². The molecule has 0 bridgehead atoms. The highest BCUT2D eigenvalue weighted by molar-refractivity contribution is 9.10. The minimum atomic E-state index is -0.375. The van der Waals surface area contributed by atoms with Crippen molar-refractivity contribution in [2.45, 2.75) is 11.5 Å². The van der Waals surface area contributed by atoms with Crippen LogP contribution in [0.1, 0.15) is 15.9 Å². The van der Waals surface area contributed by atoms with E-state index in [2.05, 4.69) is 44.5 Å². The molecule has 0 aliphatic heterocycles. The summed E-state index contributed by atoms with van der Waals surface area (Å²) < 4.78 is 7.13. The number of ether oxygens (including phenoxy) is 1. The standard InChI is InChI=1S/C14H10Br2O2S/c15-10-3-1-9(2-4-10)8-18-14(17)12-6-5-11(16)7-13(12)19/h1-7,19H,8H2. The quantitative estimate of drug-likeness (QED) is 0.587. The van der Waals surface area contributed by atoms with Crippen molar-refractivity contribution in [3.8, 4) is 0 Å². The summed E-state index contributed by atoms with van der Waals surface area (Å²) >= 11 is 10.9. The van der Waals surface area contributed by atoms with Gasteiger partial charge in [0.25, 0.3) is 0 Å². The van der Waals surface area contributed by atoms with Gasteiger partial charge in [0, 0.05) is 13.8 Å². The summed E-state index contributed by atoms with van der Waals surface area (Å²) in [7, 11) is 0. The van der Waals surface area contributed by atoms with E-state index in [0.29, 0.717) is 10.5 Å². The lowest BCUT2D eigenvalue weighted by Crippen LogP contribution is -2.06. The molecule has 0 fully saturated rings. The summed E-state index contributed by atoms with van der Waals surface area (Å²) in [6, 6.07) is 12.9. The summed E-state index contributed by atoms with van der Waals surface area (Å²) in [5, 5.41) is 0. The van der Waals surface area contributed by atoms with Crippen LogP contribution in [0.2, 0.25) is 0 Å². The number of thiol groups is 1. The van der Waals surface area contributed by atoms with Gasteiger partial charge in [0.1, 0.15) is 6.61 Å². The normalized spacial score (nSPS) is 10.3. The van der Waals surface area contributed by atoms with Crippen molar-refractivity contribution < 1.29 is 9.53 Å². The Morgan fingerprint density at radius 2 is 1.68 bits per heavy atom. The number of carbonyl (C=O) groups excluding carboxylic acids is 1. The van der Waals surface area contributed by atoms with E-state index in [-0.39, 0.29) is 12.6 Å². The fourth-order valence-corrected chi connectivity index (χ4v) is 2.59. The molecule has 0 aromatic heterocycles. The highest BCUT2D eigenvalue weighted by atomic mass is 79.9. The molecule has 0 N–H and O–H groups in total. The van der Waals surface area contributed by atoms with Gasteiger partial charge in [-0.1, -0.05) is 44.0 Å². The maximum Gasteiger partial charge on any atom is 0.339 e. The minimum Gasteiger partial charge on any atom is -0.457 e. The van der Waals surface area contributed by atoms with Crippen molar-refractivity contribution in [3.63, 3.8) is 0 Å². The van der Waals surface area contributed by atoms with E-state index in [1.807, 2.05) is 24.3 Å². The monoisotopic (exact) mass is 400 g/mol. The van der Waals surface area contributed by atoms with E-state index in [4.69, 9.17) is 4.74 Å². The van der Waals surface area contributed by atoms with E-state index in [0.717, 1.165) is 14.5 Å². The SMILES string of the molecule is O=C(OCc1ccc(Br)cc1)c1ccc(Br)cc1S. The van der Waals surface area contributed by atoms with Gasteiger partial charge in [0.05, 0.1) is 5.56 Å². The molecule has 0 saturated carbocycles. The van der Waals surface area contributed by atoms with Gasteiger partial charge in [0.2, 0.25) is 0 Å². The third-order valence-electron chi connectivity index (χ3n) is 2.46. The molecule has 0 saturated heterocycles. The zero-order valence-electron chi connectivity index (χ0n) is 9.77. The van der Waals surface area contributed by atoms with Gasteiger partial charge in [-0.2, -0.15) is 0 Å². The molecule has 0 spiro atoms. The summed E-state index contributed by atoms with van der Waals surface area (Å²) in [6.45, 7) is 0.245. The zero-order valence-corrected chi connectivity index (χ0v) is 13.8. The second-order valence-electron chi connectivity index (χ2n) is 3.86. The van der Waals surface area contributed by atoms with Gasteiger partial charge in [-0.25, -0.2) is 4.79 Å². The second kappa shape index (κ2) is 6.59. The van der Waals surface area contributed by atoms with E-state index in [9.17, 15) is 4.79 Å². The van der Waals surface area contributed by atoms with Gasteiger partial charge < -0.3 is 4.74 Å². The third kappa shape index (κ3) is 4.09. The second-order valence-corrected chi connectivity index (χ2v) is 6.18. The van der Waals surface area contributed by atoms with Crippen molar-refractivity contribution >= 4 is 50.5 Å². The number of carbonyl (C=O) groups is 1. The van der Waals surface area contributed by atoms with E-state index in [1.54, 1.807) is 18.2 Å². The molecule has 98 valence electrons. The lowest BCUT2D eigenvalue weighted by molar-refractivity contribution is 0.0468. The Morgan fingerprint density at radius 3 is 2.32 bits per heavy atom. The van der Waals surface area contributed by atoms with E-state index >= 15 is 0 Å². The number of benzene rings is 2. The van der Waals surface area contributed by atoms with Gasteiger partial charge in [0.15, 0.2) is 0 Å². The Hall–Kier alpha value is -0.780. The molecule has 5 heteroatoms. The molecule has 0 aliphatic rings. The van der Waals surface area contributed by atoms with Gasteiger partial charge in [-0.05, 0) is 35.9 Å². The van der Waals surface area contributed by atoms with Gasteiger partial charge in [-0.15, -0.1) is 12.6 Å². The fraction of sp³-hybridized carbons (Fsp3) is 0.0714. The first-order valence-corrected chi connectivity index (χ1v) is 7.49. The molecule has 2 aromatic rings. The summed E-state index contributed by atoms with van der Waals surface area (Å²) in [6.07, 6.45) is 0. The molecule has 0 heterocycles. The molecule has 0 aliphatic carbocycles. The molecule has 0 atom stereocenters. The Bertz CT molecular complexity index is 597. The first-order chi connectivity index (χ1) is 9.06. The molecule has 2 aromatic carbocycles. The van der Waals surface area contributed by atoms with Crippen LogP contribution < -0.4 is 0 Å². The average molecular weight is 402 g/mol. The van der Waals surface area contributed by atoms with Crippen LogP contribution in [0.3, 0.4) is 0 Å². The molecule has 19 heavy (non-hydrogen) atoms. The Kier molecular flexibility index (Phi) is 5.07. The zero-order chi connectivity index (χ0) is 13.8. The van der Waals surface area contributed by atoms with E-state index in [1.165, 1.54) is 0 Å². The predicted molar refractivity (Wildman–Crippen MR) is 84.7 cm³/mol. The number of esters is 1. The molecule has 0 amide bonds. The van der Waals surface area contributed by atoms with Crippen molar-refractivity contribution in [2.75, 3.05) is 0 Å². The molecule has 2 rings (SSSR count). The summed E-state index contributed by atoms with van der Waals surface area (Å²) in [4.78, 5) is 12.5. The van der Waals surface area contributed by atoms with Crippen molar-refractivity contribution in [2.24, 2.45) is 0 Å². The number of hydrogen-bond acceptors (Lipinski definition) is 3. The first kappa shape index (κ1) is 14.6. The maximum atomic E-state index is 11.9. The summed E-state index contributed by atoms with van der Waals surface area (Å²) in [5.74, 6) is -0.375. The number of rotatable bonds is 3. The smallest absolute Gasteiger partial charge is 0.339 e. The van der Waals surface area contributed by atoms with Crippen molar-refractivity contribution in [1.82, 2.24) is 0 Å². The fourth-order valence-electron chi connectivity index (χ4n) is 1.48. The molecule has 0 unspecified atom stereocenters. The molecular weight excluding hydrogens is 392 g/mol. The Balaban J connectivity index is 2.03. The highest BCUT2D eigenvalue weighted by Gasteiger charge is 2.11. The first-order valence-electron chi connectivity index (χ1n) is 5.46. The third-order valence-corrected chi connectivity index (χ3v) is 3.85. The van der Waals surface area contributed by atoms with E-state index < -0.39 is 0 Å². The lowest BCUT2D eigenvalue weighted by Gasteiger charge is -2.07. The Labute approximate surface area is 133 Å². The predicted octanol–water partition coefficient (Wildman–Crippen LogP) is 4.86. The molecule has 0 radical (unpaired) electrons. The minimum absolute atomic E-state index is 0.245. The van der Waals surface area contributed by atoms with Crippen molar-refractivity contribution in [3.05, 3.63) is 62.5 Å².